The molecule has 4 heteroatoms. The average Bonchev–Trinajstić information content (AvgIpc) is 2.46. The Morgan fingerprint density at radius 1 is 1.21 bits per heavy atom. The number of aromatic nitrogens is 1. The first-order valence-electron chi connectivity index (χ1n) is 6.24. The molecular formula is C15H17FN2O. The molecular weight excluding hydrogens is 243 g/mol. The normalized spacial score (nSPS) is 14.1. The number of halogens is 1. The van der Waals surface area contributed by atoms with Crippen LogP contribution < -0.4 is 5.32 Å². The second kappa shape index (κ2) is 6.41. The number of pyridine rings is 1. The van der Waals surface area contributed by atoms with Gasteiger partial charge in [-0.05, 0) is 24.6 Å². The van der Waals surface area contributed by atoms with Crippen molar-refractivity contribution in [2.75, 3.05) is 6.61 Å². The van der Waals surface area contributed by atoms with Crippen molar-refractivity contribution in [1.82, 2.24) is 10.3 Å². The van der Waals surface area contributed by atoms with E-state index >= 15 is 0 Å². The molecule has 0 saturated carbocycles. The van der Waals surface area contributed by atoms with Crippen LogP contribution in [0.15, 0.2) is 48.7 Å². The molecule has 0 radical (unpaired) electrons. The van der Waals surface area contributed by atoms with Crippen molar-refractivity contribution in [3.8, 4) is 0 Å². The van der Waals surface area contributed by atoms with E-state index in [1.165, 1.54) is 12.3 Å². The Labute approximate surface area is 112 Å². The zero-order valence-electron chi connectivity index (χ0n) is 10.8. The van der Waals surface area contributed by atoms with Gasteiger partial charge in [0.2, 0.25) is 0 Å². The number of hydrogen-bond donors (Lipinski definition) is 2. The minimum atomic E-state index is -0.349. The van der Waals surface area contributed by atoms with Gasteiger partial charge in [0.15, 0.2) is 0 Å². The number of benzene rings is 1. The smallest absolute Gasteiger partial charge is 0.141 e. The van der Waals surface area contributed by atoms with Gasteiger partial charge in [0, 0.05) is 6.04 Å². The molecule has 0 aliphatic carbocycles. The van der Waals surface area contributed by atoms with Crippen molar-refractivity contribution < 1.29 is 9.50 Å². The Morgan fingerprint density at radius 3 is 2.53 bits per heavy atom. The van der Waals surface area contributed by atoms with E-state index < -0.39 is 0 Å². The standard InChI is InChI=1S/C15H17FN2O/c1-11(14-8-7-13(16)9-17-14)18-15(10-19)12-5-3-2-4-6-12/h2-9,11,15,18-19H,10H2,1H3/t11?,15-/m0/s1. The van der Waals surface area contributed by atoms with Crippen molar-refractivity contribution in [3.63, 3.8) is 0 Å². The van der Waals surface area contributed by atoms with Gasteiger partial charge in [-0.2, -0.15) is 0 Å². The van der Waals surface area contributed by atoms with E-state index in [1.807, 2.05) is 37.3 Å². The maximum absolute atomic E-state index is 12.8. The summed E-state index contributed by atoms with van der Waals surface area (Å²) in [5.74, 6) is -0.349. The van der Waals surface area contributed by atoms with Crippen LogP contribution in [0.25, 0.3) is 0 Å². The van der Waals surface area contributed by atoms with E-state index in [0.29, 0.717) is 0 Å². The lowest BCUT2D eigenvalue weighted by Gasteiger charge is -2.21. The molecule has 1 unspecified atom stereocenters. The lowest BCUT2D eigenvalue weighted by Crippen LogP contribution is -2.27. The van der Waals surface area contributed by atoms with Crippen molar-refractivity contribution >= 4 is 0 Å². The first kappa shape index (κ1) is 13.6. The molecule has 0 aliphatic heterocycles. The molecule has 1 heterocycles. The molecule has 0 spiro atoms. The summed E-state index contributed by atoms with van der Waals surface area (Å²) < 4.78 is 12.8. The molecule has 2 rings (SSSR count). The topological polar surface area (TPSA) is 45.1 Å². The van der Waals surface area contributed by atoms with E-state index in [-0.39, 0.29) is 24.5 Å². The van der Waals surface area contributed by atoms with Gasteiger partial charge in [0.1, 0.15) is 5.82 Å². The summed E-state index contributed by atoms with van der Waals surface area (Å²) in [6, 6.07) is 12.5. The second-order valence-corrected chi connectivity index (χ2v) is 4.44. The van der Waals surface area contributed by atoms with Gasteiger partial charge in [-0.3, -0.25) is 10.3 Å². The van der Waals surface area contributed by atoms with Crippen LogP contribution in [0.3, 0.4) is 0 Å². The highest BCUT2D eigenvalue weighted by molar-refractivity contribution is 5.20. The van der Waals surface area contributed by atoms with Crippen molar-refractivity contribution in [2.45, 2.75) is 19.0 Å². The highest BCUT2D eigenvalue weighted by atomic mass is 19.1. The summed E-state index contributed by atoms with van der Waals surface area (Å²) in [5.41, 5.74) is 1.76. The second-order valence-electron chi connectivity index (χ2n) is 4.44. The molecule has 0 amide bonds. The van der Waals surface area contributed by atoms with Crippen molar-refractivity contribution in [1.29, 1.82) is 0 Å². The van der Waals surface area contributed by atoms with Gasteiger partial charge < -0.3 is 5.11 Å². The van der Waals surface area contributed by atoms with Crippen LogP contribution >= 0.6 is 0 Å². The molecule has 0 saturated heterocycles. The Kier molecular flexibility index (Phi) is 4.60. The van der Waals surface area contributed by atoms with Crippen LogP contribution in [0.4, 0.5) is 4.39 Å². The quantitative estimate of drug-likeness (QED) is 0.868. The number of aliphatic hydroxyl groups is 1. The van der Waals surface area contributed by atoms with Crippen LogP contribution in [-0.2, 0) is 0 Å². The SMILES string of the molecule is CC(N[C@@H](CO)c1ccccc1)c1ccc(F)cn1. The maximum atomic E-state index is 12.8. The molecule has 100 valence electrons. The summed E-state index contributed by atoms with van der Waals surface area (Å²) >= 11 is 0. The largest absolute Gasteiger partial charge is 0.394 e. The summed E-state index contributed by atoms with van der Waals surface area (Å²) in [7, 11) is 0. The number of nitrogens with one attached hydrogen (secondary N) is 1. The highest BCUT2D eigenvalue weighted by Gasteiger charge is 2.15. The zero-order valence-corrected chi connectivity index (χ0v) is 10.8. The van der Waals surface area contributed by atoms with E-state index in [1.54, 1.807) is 6.07 Å². The van der Waals surface area contributed by atoms with E-state index in [9.17, 15) is 9.50 Å². The lowest BCUT2D eigenvalue weighted by molar-refractivity contribution is 0.235. The third kappa shape index (κ3) is 3.59. The van der Waals surface area contributed by atoms with Gasteiger partial charge in [-0.1, -0.05) is 30.3 Å². The third-order valence-corrected chi connectivity index (χ3v) is 3.03. The summed E-state index contributed by atoms with van der Waals surface area (Å²) in [5, 5.41) is 12.8. The first-order chi connectivity index (χ1) is 9.20. The Bertz CT molecular complexity index is 501. The lowest BCUT2D eigenvalue weighted by atomic mass is 10.1. The van der Waals surface area contributed by atoms with Gasteiger partial charge in [0.25, 0.3) is 0 Å². The van der Waals surface area contributed by atoms with Crippen LogP contribution in [0.2, 0.25) is 0 Å². The summed E-state index contributed by atoms with van der Waals surface area (Å²) in [6.07, 6.45) is 1.20. The fraction of sp³-hybridized carbons (Fsp3) is 0.267. The van der Waals surface area contributed by atoms with Gasteiger partial charge in [0.05, 0.1) is 24.5 Å². The summed E-state index contributed by atoms with van der Waals surface area (Å²) in [4.78, 5) is 4.04. The van der Waals surface area contributed by atoms with Crippen LogP contribution in [-0.4, -0.2) is 16.7 Å². The maximum Gasteiger partial charge on any atom is 0.141 e. The van der Waals surface area contributed by atoms with E-state index in [4.69, 9.17) is 0 Å². The van der Waals surface area contributed by atoms with E-state index in [2.05, 4.69) is 10.3 Å². The predicted molar refractivity (Wildman–Crippen MR) is 72.0 cm³/mol. The molecule has 2 atom stereocenters. The van der Waals surface area contributed by atoms with Crippen molar-refractivity contribution in [2.24, 2.45) is 0 Å². The van der Waals surface area contributed by atoms with Crippen LogP contribution in [0, 0.1) is 5.82 Å². The highest BCUT2D eigenvalue weighted by Crippen LogP contribution is 2.18. The Morgan fingerprint density at radius 2 is 1.95 bits per heavy atom. The summed E-state index contributed by atoms with van der Waals surface area (Å²) in [6.45, 7) is 1.93. The van der Waals surface area contributed by atoms with Gasteiger partial charge in [-0.15, -0.1) is 0 Å². The van der Waals surface area contributed by atoms with Crippen LogP contribution in [0.5, 0.6) is 0 Å². The fourth-order valence-electron chi connectivity index (χ4n) is 1.97. The zero-order chi connectivity index (χ0) is 13.7. The third-order valence-electron chi connectivity index (χ3n) is 3.03. The molecule has 0 bridgehead atoms. The predicted octanol–water partition coefficient (Wildman–Crippen LogP) is 2.60. The molecule has 2 N–H and O–H groups in total. The first-order valence-corrected chi connectivity index (χ1v) is 6.24. The molecule has 1 aromatic heterocycles. The molecule has 2 aromatic rings. The number of rotatable bonds is 5. The van der Waals surface area contributed by atoms with Crippen LogP contribution in [0.1, 0.15) is 30.3 Å². The fourth-order valence-corrected chi connectivity index (χ4v) is 1.97. The molecule has 0 fully saturated rings. The average molecular weight is 260 g/mol. The number of hydrogen-bond acceptors (Lipinski definition) is 3. The monoisotopic (exact) mass is 260 g/mol. The molecule has 1 aromatic carbocycles. The van der Waals surface area contributed by atoms with Gasteiger partial charge in [-0.25, -0.2) is 4.39 Å². The number of aliphatic hydroxyl groups excluding tert-OH is 1. The van der Waals surface area contributed by atoms with E-state index in [0.717, 1.165) is 11.3 Å². The van der Waals surface area contributed by atoms with Gasteiger partial charge >= 0.3 is 0 Å². The Balaban J connectivity index is 2.08. The number of nitrogens with zero attached hydrogens (tertiary/aromatic N) is 1. The molecule has 3 nitrogen and oxygen atoms in total. The minimum Gasteiger partial charge on any atom is -0.394 e. The molecule has 0 aliphatic rings. The molecule has 19 heavy (non-hydrogen) atoms. The Hall–Kier alpha value is -1.78. The minimum absolute atomic E-state index is 0.00442. The van der Waals surface area contributed by atoms with Crippen molar-refractivity contribution in [3.05, 3.63) is 65.7 Å².